The number of hydrogen-bond donors (Lipinski definition) is 2. The number of nitrogens with one attached hydrogen (secondary N) is 1. The van der Waals surface area contributed by atoms with E-state index in [2.05, 4.69) is 10.4 Å². The number of nitrogens with zero attached hydrogens (tertiary/aromatic N) is 2. The van der Waals surface area contributed by atoms with E-state index in [9.17, 15) is 9.90 Å². The molecule has 0 spiro atoms. The van der Waals surface area contributed by atoms with Crippen LogP contribution < -0.4 is 5.32 Å². The van der Waals surface area contributed by atoms with E-state index in [1.54, 1.807) is 36.0 Å². The van der Waals surface area contributed by atoms with Crippen molar-refractivity contribution in [2.45, 2.75) is 12.5 Å². The van der Waals surface area contributed by atoms with Gasteiger partial charge in [0.15, 0.2) is 5.69 Å². The molecule has 2 N–H and O–H groups in total. The summed E-state index contributed by atoms with van der Waals surface area (Å²) < 4.78 is 6.80. The Kier molecular flexibility index (Phi) is 3.99. The Morgan fingerprint density at radius 1 is 1.26 bits per heavy atom. The maximum absolute atomic E-state index is 12.2. The summed E-state index contributed by atoms with van der Waals surface area (Å²) in [6.45, 7) is 1.60. The van der Waals surface area contributed by atoms with E-state index < -0.39 is 5.60 Å². The molecule has 2 heterocycles. The summed E-state index contributed by atoms with van der Waals surface area (Å²) in [5, 5.41) is 17.2. The molecule has 1 unspecified atom stereocenters. The van der Waals surface area contributed by atoms with Crippen molar-refractivity contribution in [3.8, 4) is 5.69 Å². The van der Waals surface area contributed by atoms with Crippen LogP contribution >= 0.6 is 0 Å². The first-order valence-corrected chi connectivity index (χ1v) is 7.22. The number of aliphatic hydroxyl groups is 1. The molecule has 0 aliphatic carbocycles. The minimum absolute atomic E-state index is 0.0253. The standard InChI is InChI=1S/C17H17N3O3/c1-17(22,15-8-5-11-23-15)12-18-16(21)14-9-10-20(19-14)13-6-3-2-4-7-13/h2-11,22H,12H2,1H3,(H,18,21). The van der Waals surface area contributed by atoms with Crippen molar-refractivity contribution in [2.24, 2.45) is 0 Å². The smallest absolute Gasteiger partial charge is 0.271 e. The average molecular weight is 311 g/mol. The van der Waals surface area contributed by atoms with Gasteiger partial charge in [0.1, 0.15) is 11.4 Å². The average Bonchev–Trinajstić information content (AvgIpc) is 3.25. The molecule has 0 saturated heterocycles. The van der Waals surface area contributed by atoms with Gasteiger partial charge >= 0.3 is 0 Å². The molecule has 1 amide bonds. The van der Waals surface area contributed by atoms with Crippen LogP contribution in [0.15, 0.2) is 65.4 Å². The van der Waals surface area contributed by atoms with Gasteiger partial charge in [-0.15, -0.1) is 0 Å². The van der Waals surface area contributed by atoms with Gasteiger partial charge in [-0.2, -0.15) is 5.10 Å². The summed E-state index contributed by atoms with van der Waals surface area (Å²) in [5.41, 5.74) is -0.125. The summed E-state index contributed by atoms with van der Waals surface area (Å²) in [4.78, 5) is 12.2. The second kappa shape index (κ2) is 6.10. The zero-order valence-corrected chi connectivity index (χ0v) is 12.6. The highest BCUT2D eigenvalue weighted by Crippen LogP contribution is 2.19. The number of hydrogen-bond acceptors (Lipinski definition) is 4. The zero-order chi connectivity index (χ0) is 16.3. The molecular weight excluding hydrogens is 294 g/mol. The number of furan rings is 1. The molecule has 0 radical (unpaired) electrons. The first-order valence-electron chi connectivity index (χ1n) is 7.22. The summed E-state index contributed by atoms with van der Waals surface area (Å²) in [6.07, 6.45) is 3.20. The minimum atomic E-state index is -1.28. The van der Waals surface area contributed by atoms with Crippen LogP contribution in [0.3, 0.4) is 0 Å². The topological polar surface area (TPSA) is 80.3 Å². The Bertz CT molecular complexity index is 777. The fourth-order valence-electron chi connectivity index (χ4n) is 2.18. The molecule has 6 nitrogen and oxygen atoms in total. The van der Waals surface area contributed by atoms with Gasteiger partial charge in [-0.05, 0) is 37.3 Å². The van der Waals surface area contributed by atoms with E-state index in [-0.39, 0.29) is 18.1 Å². The maximum atomic E-state index is 12.2. The number of carbonyl (C=O) groups excluding carboxylic acids is 1. The fraction of sp³-hybridized carbons (Fsp3) is 0.176. The summed E-state index contributed by atoms with van der Waals surface area (Å²) >= 11 is 0. The number of rotatable bonds is 5. The summed E-state index contributed by atoms with van der Waals surface area (Å²) in [5.74, 6) is 0.0409. The Morgan fingerprint density at radius 3 is 2.74 bits per heavy atom. The van der Waals surface area contributed by atoms with Gasteiger partial charge in [-0.25, -0.2) is 4.68 Å². The SMILES string of the molecule is CC(O)(CNC(=O)c1ccn(-c2ccccc2)n1)c1ccco1. The highest BCUT2D eigenvalue weighted by atomic mass is 16.4. The van der Waals surface area contributed by atoms with Crippen LogP contribution in [-0.4, -0.2) is 27.3 Å². The lowest BCUT2D eigenvalue weighted by atomic mass is 10.0. The van der Waals surface area contributed by atoms with Crippen molar-refractivity contribution in [1.29, 1.82) is 0 Å². The molecule has 0 saturated carbocycles. The largest absolute Gasteiger partial charge is 0.466 e. The molecule has 0 aliphatic rings. The molecule has 3 rings (SSSR count). The minimum Gasteiger partial charge on any atom is -0.466 e. The molecular formula is C17H17N3O3. The molecule has 0 fully saturated rings. The van der Waals surface area contributed by atoms with E-state index in [1.165, 1.54) is 6.26 Å². The van der Waals surface area contributed by atoms with Crippen LogP contribution in [0.25, 0.3) is 5.69 Å². The molecule has 2 aromatic heterocycles. The Hall–Kier alpha value is -2.86. The van der Waals surface area contributed by atoms with Gasteiger partial charge in [-0.1, -0.05) is 18.2 Å². The Balaban J connectivity index is 1.66. The lowest BCUT2D eigenvalue weighted by Crippen LogP contribution is -2.38. The quantitative estimate of drug-likeness (QED) is 0.756. The van der Waals surface area contributed by atoms with E-state index in [0.717, 1.165) is 5.69 Å². The normalized spacial score (nSPS) is 13.5. The molecule has 0 bridgehead atoms. The van der Waals surface area contributed by atoms with Crippen LogP contribution in [0, 0.1) is 0 Å². The molecule has 23 heavy (non-hydrogen) atoms. The van der Waals surface area contributed by atoms with Crippen molar-refractivity contribution in [3.63, 3.8) is 0 Å². The predicted molar refractivity (Wildman–Crippen MR) is 84.2 cm³/mol. The second-order valence-electron chi connectivity index (χ2n) is 5.41. The third kappa shape index (κ3) is 3.32. The van der Waals surface area contributed by atoms with Crippen molar-refractivity contribution in [2.75, 3.05) is 6.54 Å². The Morgan fingerprint density at radius 2 is 2.04 bits per heavy atom. The molecule has 6 heteroatoms. The monoisotopic (exact) mass is 311 g/mol. The van der Waals surface area contributed by atoms with Gasteiger partial charge < -0.3 is 14.8 Å². The van der Waals surface area contributed by atoms with Crippen molar-refractivity contribution < 1.29 is 14.3 Å². The predicted octanol–water partition coefficient (Wildman–Crippen LogP) is 2.10. The summed E-state index contributed by atoms with van der Waals surface area (Å²) in [7, 11) is 0. The van der Waals surface area contributed by atoms with Crippen LogP contribution in [0.1, 0.15) is 23.2 Å². The lowest BCUT2D eigenvalue weighted by Gasteiger charge is -2.20. The number of aromatic nitrogens is 2. The van der Waals surface area contributed by atoms with E-state index >= 15 is 0 Å². The molecule has 0 aliphatic heterocycles. The third-order valence-electron chi connectivity index (χ3n) is 3.49. The number of carbonyl (C=O) groups is 1. The van der Waals surface area contributed by atoms with Crippen molar-refractivity contribution in [3.05, 3.63) is 72.4 Å². The van der Waals surface area contributed by atoms with E-state index in [4.69, 9.17) is 4.42 Å². The van der Waals surface area contributed by atoms with Crippen LogP contribution in [-0.2, 0) is 5.60 Å². The van der Waals surface area contributed by atoms with Gasteiger partial charge in [0, 0.05) is 6.20 Å². The molecule has 3 aromatic rings. The van der Waals surface area contributed by atoms with Crippen LogP contribution in [0.4, 0.5) is 0 Å². The zero-order valence-electron chi connectivity index (χ0n) is 12.6. The molecule has 1 aromatic carbocycles. The van der Waals surface area contributed by atoms with Crippen molar-refractivity contribution >= 4 is 5.91 Å². The van der Waals surface area contributed by atoms with Gasteiger partial charge in [-0.3, -0.25) is 4.79 Å². The van der Waals surface area contributed by atoms with E-state index in [1.807, 2.05) is 30.3 Å². The second-order valence-corrected chi connectivity index (χ2v) is 5.41. The lowest BCUT2D eigenvalue weighted by molar-refractivity contribution is 0.0329. The highest BCUT2D eigenvalue weighted by molar-refractivity contribution is 5.92. The highest BCUT2D eigenvalue weighted by Gasteiger charge is 2.27. The van der Waals surface area contributed by atoms with Crippen LogP contribution in [0.5, 0.6) is 0 Å². The molecule has 1 atom stereocenters. The van der Waals surface area contributed by atoms with Crippen molar-refractivity contribution in [1.82, 2.24) is 15.1 Å². The van der Waals surface area contributed by atoms with Crippen LogP contribution in [0.2, 0.25) is 0 Å². The third-order valence-corrected chi connectivity index (χ3v) is 3.49. The van der Waals surface area contributed by atoms with E-state index in [0.29, 0.717) is 5.76 Å². The first-order chi connectivity index (χ1) is 11.1. The number of amides is 1. The number of benzene rings is 1. The van der Waals surface area contributed by atoms with Gasteiger partial charge in [0.25, 0.3) is 5.91 Å². The number of para-hydroxylation sites is 1. The first kappa shape index (κ1) is 15.1. The maximum Gasteiger partial charge on any atom is 0.271 e. The van der Waals surface area contributed by atoms with Gasteiger partial charge in [0.2, 0.25) is 0 Å². The molecule has 118 valence electrons. The Labute approximate surface area is 133 Å². The van der Waals surface area contributed by atoms with Gasteiger partial charge in [0.05, 0.1) is 18.5 Å². The summed E-state index contributed by atoms with van der Waals surface area (Å²) in [6, 6.07) is 14.5. The fourth-order valence-corrected chi connectivity index (χ4v) is 2.18.